The summed E-state index contributed by atoms with van der Waals surface area (Å²) < 4.78 is 0. The molecule has 0 radical (unpaired) electrons. The summed E-state index contributed by atoms with van der Waals surface area (Å²) in [5, 5.41) is 15.3. The molecule has 2 aromatic rings. The summed E-state index contributed by atoms with van der Waals surface area (Å²) in [6.45, 7) is 6.85. The van der Waals surface area contributed by atoms with Gasteiger partial charge in [-0.3, -0.25) is 0 Å². The number of rotatable bonds is 5. The van der Waals surface area contributed by atoms with Crippen molar-refractivity contribution in [3.63, 3.8) is 0 Å². The van der Waals surface area contributed by atoms with Crippen LogP contribution in [0.4, 0.5) is 0 Å². The van der Waals surface area contributed by atoms with Crippen molar-refractivity contribution < 1.29 is 5.11 Å². The highest BCUT2D eigenvalue weighted by Gasteiger charge is 2.13. The van der Waals surface area contributed by atoms with E-state index in [0.29, 0.717) is 12.3 Å². The van der Waals surface area contributed by atoms with E-state index in [1.54, 1.807) is 18.1 Å². The lowest BCUT2D eigenvalue weighted by molar-refractivity contribution is 0.183. The predicted octanol–water partition coefficient (Wildman–Crippen LogP) is 2.47. The maximum absolute atomic E-state index is 10.0. The van der Waals surface area contributed by atoms with Gasteiger partial charge in [-0.05, 0) is 26.8 Å². The molecule has 2 rings (SSSR count). The van der Waals surface area contributed by atoms with Gasteiger partial charge in [-0.1, -0.05) is 18.2 Å². The molecule has 1 heterocycles. The number of nitrogens with one attached hydrogen (secondary N) is 1. The Balaban J connectivity index is 1.96. The summed E-state index contributed by atoms with van der Waals surface area (Å²) in [5.74, 6) is 0.615. The smallest absolute Gasteiger partial charge is 0.117 e. The van der Waals surface area contributed by atoms with Crippen LogP contribution in [0.5, 0.6) is 0 Å². The molecule has 2 N–H and O–H groups in total. The van der Waals surface area contributed by atoms with Gasteiger partial charge in [-0.25, -0.2) is 9.97 Å². The summed E-state index contributed by atoms with van der Waals surface area (Å²) >= 11 is 1.57. The Morgan fingerprint density at radius 2 is 2.00 bits per heavy atom. The standard InChI is InChI=1S/C15H21N3OS/c1-15(2,3)18-8-11(19)9-20-14-12-6-4-5-7-13(12)16-10-17-14/h4-7,10-11,18-19H,8-9H2,1-3H3. The summed E-state index contributed by atoms with van der Waals surface area (Å²) in [4.78, 5) is 8.55. The SMILES string of the molecule is CC(C)(C)NCC(O)CSc1ncnc2ccccc12. The molecule has 1 atom stereocenters. The van der Waals surface area contributed by atoms with E-state index in [1.807, 2.05) is 24.3 Å². The first kappa shape index (κ1) is 15.2. The Morgan fingerprint density at radius 1 is 1.25 bits per heavy atom. The Morgan fingerprint density at radius 3 is 2.75 bits per heavy atom. The van der Waals surface area contributed by atoms with E-state index in [2.05, 4.69) is 36.1 Å². The van der Waals surface area contributed by atoms with E-state index in [-0.39, 0.29) is 5.54 Å². The molecule has 5 heteroatoms. The highest BCUT2D eigenvalue weighted by molar-refractivity contribution is 7.99. The molecule has 20 heavy (non-hydrogen) atoms. The summed E-state index contributed by atoms with van der Waals surface area (Å²) in [6.07, 6.45) is 1.18. The van der Waals surface area contributed by atoms with Crippen LogP contribution in [0, 0.1) is 0 Å². The fraction of sp³-hybridized carbons (Fsp3) is 0.467. The lowest BCUT2D eigenvalue weighted by atomic mass is 10.1. The predicted molar refractivity (Wildman–Crippen MR) is 84.0 cm³/mol. The van der Waals surface area contributed by atoms with Gasteiger partial charge >= 0.3 is 0 Å². The number of aromatic nitrogens is 2. The molecule has 4 nitrogen and oxygen atoms in total. The van der Waals surface area contributed by atoms with Crippen LogP contribution >= 0.6 is 11.8 Å². The maximum atomic E-state index is 10.0. The number of aliphatic hydroxyl groups excluding tert-OH is 1. The number of nitrogens with zero attached hydrogens (tertiary/aromatic N) is 2. The molecule has 0 spiro atoms. The number of aliphatic hydroxyl groups is 1. The molecule has 0 aliphatic carbocycles. The van der Waals surface area contributed by atoms with E-state index in [0.717, 1.165) is 15.9 Å². The van der Waals surface area contributed by atoms with Gasteiger partial charge in [-0.2, -0.15) is 0 Å². The second-order valence-electron chi connectivity index (χ2n) is 5.79. The number of benzene rings is 1. The number of para-hydroxylation sites is 1. The average Bonchev–Trinajstić information content (AvgIpc) is 2.42. The Bertz CT molecular complexity index is 563. The zero-order chi connectivity index (χ0) is 14.6. The molecule has 0 aliphatic heterocycles. The molecule has 1 aromatic carbocycles. The van der Waals surface area contributed by atoms with E-state index in [9.17, 15) is 5.11 Å². The maximum Gasteiger partial charge on any atom is 0.117 e. The Hall–Kier alpha value is -1.17. The Labute approximate surface area is 124 Å². The average molecular weight is 291 g/mol. The first-order valence-electron chi connectivity index (χ1n) is 6.71. The van der Waals surface area contributed by atoms with Crippen molar-refractivity contribution in [3.8, 4) is 0 Å². The topological polar surface area (TPSA) is 58.0 Å². The molecule has 0 saturated heterocycles. The Kier molecular flexibility index (Phi) is 4.96. The number of β-amino-alcohol motifs (C(OH)–C–C–N with tert-alkyl or cyclic N) is 1. The third-order valence-corrected chi connectivity index (χ3v) is 3.94. The highest BCUT2D eigenvalue weighted by Crippen LogP contribution is 2.24. The van der Waals surface area contributed by atoms with Crippen LogP contribution in [0.15, 0.2) is 35.6 Å². The molecule has 1 unspecified atom stereocenters. The van der Waals surface area contributed by atoms with Crippen LogP contribution in [-0.4, -0.2) is 39.0 Å². The third kappa shape index (κ3) is 4.44. The summed E-state index contributed by atoms with van der Waals surface area (Å²) in [5.41, 5.74) is 0.958. The van der Waals surface area contributed by atoms with E-state index >= 15 is 0 Å². The first-order valence-corrected chi connectivity index (χ1v) is 7.70. The molecule has 0 bridgehead atoms. The highest BCUT2D eigenvalue weighted by atomic mass is 32.2. The zero-order valence-corrected chi connectivity index (χ0v) is 12.9. The van der Waals surface area contributed by atoms with E-state index in [1.165, 1.54) is 0 Å². The van der Waals surface area contributed by atoms with Gasteiger partial charge in [0.1, 0.15) is 11.4 Å². The van der Waals surface area contributed by atoms with E-state index < -0.39 is 6.10 Å². The monoisotopic (exact) mass is 291 g/mol. The van der Waals surface area contributed by atoms with E-state index in [4.69, 9.17) is 0 Å². The van der Waals surface area contributed by atoms with Gasteiger partial charge in [0, 0.05) is 23.2 Å². The van der Waals surface area contributed by atoms with Crippen LogP contribution < -0.4 is 5.32 Å². The molecule has 108 valence electrons. The van der Waals surface area contributed by atoms with Crippen molar-refractivity contribution in [1.82, 2.24) is 15.3 Å². The zero-order valence-electron chi connectivity index (χ0n) is 12.1. The van der Waals surface area contributed by atoms with Crippen molar-refractivity contribution in [2.24, 2.45) is 0 Å². The van der Waals surface area contributed by atoms with Crippen molar-refractivity contribution in [3.05, 3.63) is 30.6 Å². The van der Waals surface area contributed by atoms with Crippen LogP contribution in [0.2, 0.25) is 0 Å². The van der Waals surface area contributed by atoms with Gasteiger partial charge in [0.25, 0.3) is 0 Å². The lowest BCUT2D eigenvalue weighted by Crippen LogP contribution is -2.41. The molecular weight excluding hydrogens is 270 g/mol. The minimum Gasteiger partial charge on any atom is -0.391 e. The fourth-order valence-corrected chi connectivity index (χ4v) is 2.67. The minimum absolute atomic E-state index is 0.0211. The van der Waals surface area contributed by atoms with Crippen molar-refractivity contribution >= 4 is 22.7 Å². The first-order chi connectivity index (χ1) is 9.46. The van der Waals surface area contributed by atoms with Gasteiger partial charge in [0.2, 0.25) is 0 Å². The lowest BCUT2D eigenvalue weighted by Gasteiger charge is -2.22. The minimum atomic E-state index is -0.395. The van der Waals surface area contributed by atoms with Crippen LogP contribution in [0.3, 0.4) is 0 Å². The molecular formula is C15H21N3OS. The summed E-state index contributed by atoms with van der Waals surface area (Å²) in [6, 6.07) is 7.93. The number of fused-ring (bicyclic) bond motifs is 1. The molecule has 0 aliphatic rings. The second kappa shape index (κ2) is 6.52. The molecule has 0 saturated carbocycles. The molecule has 0 amide bonds. The summed E-state index contributed by atoms with van der Waals surface area (Å²) in [7, 11) is 0. The molecule has 1 aromatic heterocycles. The van der Waals surface area contributed by atoms with Crippen molar-refractivity contribution in [1.29, 1.82) is 0 Å². The number of hydrogen-bond acceptors (Lipinski definition) is 5. The molecule has 0 fully saturated rings. The third-order valence-electron chi connectivity index (χ3n) is 2.79. The van der Waals surface area contributed by atoms with Crippen LogP contribution in [0.1, 0.15) is 20.8 Å². The normalized spacial score (nSPS) is 13.6. The number of hydrogen-bond donors (Lipinski definition) is 2. The van der Waals surface area contributed by atoms with Gasteiger partial charge in [-0.15, -0.1) is 11.8 Å². The van der Waals surface area contributed by atoms with Crippen LogP contribution in [-0.2, 0) is 0 Å². The van der Waals surface area contributed by atoms with Crippen LogP contribution in [0.25, 0.3) is 10.9 Å². The van der Waals surface area contributed by atoms with Crippen molar-refractivity contribution in [2.75, 3.05) is 12.3 Å². The largest absolute Gasteiger partial charge is 0.391 e. The quantitative estimate of drug-likeness (QED) is 0.654. The fourth-order valence-electron chi connectivity index (χ4n) is 1.75. The van der Waals surface area contributed by atoms with Gasteiger partial charge in [0.05, 0.1) is 11.6 Å². The van der Waals surface area contributed by atoms with Crippen molar-refractivity contribution in [2.45, 2.75) is 37.4 Å². The van der Waals surface area contributed by atoms with Gasteiger partial charge in [0.15, 0.2) is 0 Å². The second-order valence-corrected chi connectivity index (χ2v) is 6.80. The van der Waals surface area contributed by atoms with Gasteiger partial charge < -0.3 is 10.4 Å². The number of thioether (sulfide) groups is 1.